The Hall–Kier alpha value is -4.42. The van der Waals surface area contributed by atoms with E-state index in [-0.39, 0.29) is 0 Å². The lowest BCUT2D eigenvalue weighted by atomic mass is 9.95. The lowest BCUT2D eigenvalue weighted by Crippen LogP contribution is -2.04. The van der Waals surface area contributed by atoms with Gasteiger partial charge in [0.05, 0.1) is 39.5 Å². The van der Waals surface area contributed by atoms with Gasteiger partial charge in [0.2, 0.25) is 0 Å². The van der Waals surface area contributed by atoms with Crippen LogP contribution in [0.2, 0.25) is 5.02 Å². The van der Waals surface area contributed by atoms with Crippen molar-refractivity contribution in [2.45, 2.75) is 20.4 Å². The Balaban J connectivity index is 1.72. The van der Waals surface area contributed by atoms with Crippen molar-refractivity contribution in [3.63, 3.8) is 0 Å². The molecule has 0 fully saturated rings. The summed E-state index contributed by atoms with van der Waals surface area (Å²) in [5, 5.41) is 4.60. The van der Waals surface area contributed by atoms with Gasteiger partial charge in [-0.2, -0.15) is 0 Å². The second-order valence-electron chi connectivity index (χ2n) is 10.3. The molecule has 0 aliphatic carbocycles. The van der Waals surface area contributed by atoms with Crippen molar-refractivity contribution in [1.82, 2.24) is 9.55 Å². The Labute approximate surface area is 244 Å². The molecule has 1 heterocycles. The van der Waals surface area contributed by atoms with Crippen LogP contribution < -0.4 is 18.9 Å². The molecule has 0 radical (unpaired) electrons. The first-order valence-electron chi connectivity index (χ1n) is 13.3. The molecule has 0 spiro atoms. The zero-order valence-electron chi connectivity index (χ0n) is 24.0. The number of fused-ring (bicyclic) bond motifs is 4. The lowest BCUT2D eigenvalue weighted by molar-refractivity contribution is 0.355. The van der Waals surface area contributed by atoms with Gasteiger partial charge in [-0.05, 0) is 89.5 Å². The topological polar surface area (TPSA) is 54.7 Å². The number of benzene rings is 5. The van der Waals surface area contributed by atoms with E-state index in [1.54, 1.807) is 28.4 Å². The van der Waals surface area contributed by atoms with E-state index in [9.17, 15) is 0 Å². The summed E-state index contributed by atoms with van der Waals surface area (Å²) in [6, 6.07) is 22.7. The minimum absolute atomic E-state index is 0.640. The normalized spacial score (nSPS) is 11.4. The van der Waals surface area contributed by atoms with E-state index in [0.29, 0.717) is 34.6 Å². The highest BCUT2D eigenvalue weighted by atomic mass is 35.5. The fourth-order valence-electron chi connectivity index (χ4n) is 5.80. The van der Waals surface area contributed by atoms with Crippen molar-refractivity contribution in [3.8, 4) is 34.4 Å². The van der Waals surface area contributed by atoms with E-state index in [4.69, 9.17) is 35.5 Å². The first kappa shape index (κ1) is 26.8. The van der Waals surface area contributed by atoms with Crippen LogP contribution in [0.25, 0.3) is 44.0 Å². The number of hydrogen-bond acceptors (Lipinski definition) is 5. The Kier molecular flexibility index (Phi) is 6.88. The monoisotopic (exact) mass is 566 g/mol. The summed E-state index contributed by atoms with van der Waals surface area (Å²) in [6.07, 6.45) is 0. The fourth-order valence-corrected chi connectivity index (χ4v) is 5.97. The molecule has 0 unspecified atom stereocenters. The van der Waals surface area contributed by atoms with E-state index >= 15 is 0 Å². The number of methoxy groups -OCH3 is 4. The second kappa shape index (κ2) is 10.5. The van der Waals surface area contributed by atoms with Gasteiger partial charge in [0.25, 0.3) is 0 Å². The van der Waals surface area contributed by atoms with Gasteiger partial charge in [0.1, 0.15) is 5.82 Å². The summed E-state index contributed by atoms with van der Waals surface area (Å²) in [7, 11) is 6.58. The number of imidazole rings is 1. The summed E-state index contributed by atoms with van der Waals surface area (Å²) in [4.78, 5) is 5.17. The average Bonchev–Trinajstić information content (AvgIpc) is 3.31. The number of aryl methyl sites for hydroxylation is 2. The number of aromatic nitrogens is 2. The number of nitrogens with zero attached hydrogens (tertiary/aromatic N) is 2. The van der Waals surface area contributed by atoms with E-state index in [1.165, 1.54) is 16.7 Å². The van der Waals surface area contributed by atoms with Crippen molar-refractivity contribution in [2.24, 2.45) is 0 Å². The third kappa shape index (κ3) is 4.68. The van der Waals surface area contributed by atoms with Gasteiger partial charge < -0.3 is 23.5 Å². The molecule has 0 N–H and O–H groups in total. The molecule has 7 heteroatoms. The van der Waals surface area contributed by atoms with Crippen LogP contribution >= 0.6 is 11.6 Å². The van der Waals surface area contributed by atoms with Crippen LogP contribution in [0.1, 0.15) is 16.7 Å². The highest BCUT2D eigenvalue weighted by Crippen LogP contribution is 2.44. The summed E-state index contributed by atoms with van der Waals surface area (Å²) in [5.41, 5.74) is 6.44. The van der Waals surface area contributed by atoms with E-state index in [1.807, 2.05) is 42.5 Å². The maximum Gasteiger partial charge on any atom is 0.161 e. The smallest absolute Gasteiger partial charge is 0.161 e. The molecule has 0 atom stereocenters. The van der Waals surface area contributed by atoms with Crippen LogP contribution in [0.15, 0.2) is 66.7 Å². The van der Waals surface area contributed by atoms with Crippen LogP contribution in [0.3, 0.4) is 0 Å². The zero-order chi connectivity index (χ0) is 28.8. The van der Waals surface area contributed by atoms with Gasteiger partial charge in [-0.15, -0.1) is 0 Å². The molecule has 0 amide bonds. The predicted molar refractivity (Wildman–Crippen MR) is 166 cm³/mol. The van der Waals surface area contributed by atoms with Crippen molar-refractivity contribution in [3.05, 3.63) is 88.4 Å². The minimum Gasteiger partial charge on any atom is -0.493 e. The highest BCUT2D eigenvalue weighted by molar-refractivity contribution is 6.31. The average molecular weight is 567 g/mol. The first-order valence-corrected chi connectivity index (χ1v) is 13.7. The van der Waals surface area contributed by atoms with Gasteiger partial charge >= 0.3 is 0 Å². The second-order valence-corrected chi connectivity index (χ2v) is 10.7. The van der Waals surface area contributed by atoms with Crippen LogP contribution in [0.4, 0.5) is 0 Å². The van der Waals surface area contributed by atoms with Gasteiger partial charge in [-0.25, -0.2) is 4.98 Å². The largest absolute Gasteiger partial charge is 0.493 e. The van der Waals surface area contributed by atoms with Crippen molar-refractivity contribution < 1.29 is 18.9 Å². The Morgan fingerprint density at radius 1 is 0.659 bits per heavy atom. The predicted octanol–water partition coefficient (Wildman–Crippen LogP) is 8.36. The summed E-state index contributed by atoms with van der Waals surface area (Å²) in [5.74, 6) is 3.42. The molecule has 1 aromatic heterocycles. The van der Waals surface area contributed by atoms with Crippen LogP contribution in [0.5, 0.6) is 23.0 Å². The number of ether oxygens (including phenoxy) is 4. The minimum atomic E-state index is 0.640. The quantitative estimate of drug-likeness (QED) is 0.182. The number of rotatable bonds is 7. The standard InChI is InChI=1S/C34H31ClN2O4/c1-19-9-20(2)11-21(10-19)18-37-29-8-7-23(35)14-28(29)36-34(37)27-12-22-13-30(38-3)31(39-4)15-24(22)25-16-32(40-5)33(41-6)17-26(25)27/h7-17H,18H2,1-6H3. The maximum absolute atomic E-state index is 6.43. The Bertz CT molecular complexity index is 1940. The lowest BCUT2D eigenvalue weighted by Gasteiger charge is -2.17. The first-order chi connectivity index (χ1) is 19.8. The molecule has 0 saturated heterocycles. The maximum atomic E-state index is 6.43. The molecule has 0 aliphatic rings. The molecular weight excluding hydrogens is 536 g/mol. The zero-order valence-corrected chi connectivity index (χ0v) is 24.7. The molecular formula is C34H31ClN2O4. The molecule has 0 aliphatic heterocycles. The van der Waals surface area contributed by atoms with Crippen molar-refractivity contribution >= 4 is 44.2 Å². The van der Waals surface area contributed by atoms with E-state index in [0.717, 1.165) is 44.0 Å². The molecule has 6 nitrogen and oxygen atoms in total. The molecule has 41 heavy (non-hydrogen) atoms. The summed E-state index contributed by atoms with van der Waals surface area (Å²) < 4.78 is 25.0. The molecule has 0 bridgehead atoms. The van der Waals surface area contributed by atoms with Crippen molar-refractivity contribution in [2.75, 3.05) is 28.4 Å². The van der Waals surface area contributed by atoms with Gasteiger partial charge in [0.15, 0.2) is 23.0 Å². The summed E-state index contributed by atoms with van der Waals surface area (Å²) >= 11 is 6.43. The molecule has 6 aromatic rings. The number of hydrogen-bond donors (Lipinski definition) is 0. The molecule has 208 valence electrons. The SMILES string of the molecule is COc1cc2cc(-c3nc4cc(Cl)ccc4n3Cc3cc(C)cc(C)c3)c3cc(OC)c(OC)cc3c2cc1OC. The van der Waals surface area contributed by atoms with Gasteiger partial charge in [-0.1, -0.05) is 40.9 Å². The van der Waals surface area contributed by atoms with Crippen LogP contribution in [-0.2, 0) is 6.54 Å². The molecule has 6 rings (SSSR count). The third-order valence-corrected chi connectivity index (χ3v) is 7.77. The third-order valence-electron chi connectivity index (χ3n) is 7.53. The fraction of sp³-hybridized carbons (Fsp3) is 0.206. The molecule has 5 aromatic carbocycles. The van der Waals surface area contributed by atoms with Crippen molar-refractivity contribution in [1.29, 1.82) is 0 Å². The Morgan fingerprint density at radius 2 is 1.24 bits per heavy atom. The van der Waals surface area contributed by atoms with E-state index in [2.05, 4.69) is 42.7 Å². The highest BCUT2D eigenvalue weighted by Gasteiger charge is 2.21. The van der Waals surface area contributed by atoms with Crippen LogP contribution in [0, 0.1) is 13.8 Å². The van der Waals surface area contributed by atoms with E-state index < -0.39 is 0 Å². The Morgan fingerprint density at radius 3 is 1.88 bits per heavy atom. The molecule has 0 saturated carbocycles. The van der Waals surface area contributed by atoms with Crippen LogP contribution in [-0.4, -0.2) is 38.0 Å². The van der Waals surface area contributed by atoms with Gasteiger partial charge in [0, 0.05) is 17.1 Å². The van der Waals surface area contributed by atoms with Gasteiger partial charge in [-0.3, -0.25) is 0 Å². The number of halogens is 1. The summed E-state index contributed by atoms with van der Waals surface area (Å²) in [6.45, 7) is 4.90.